The summed E-state index contributed by atoms with van der Waals surface area (Å²) in [5.41, 5.74) is 0. The van der Waals surface area contributed by atoms with Gasteiger partial charge in [-0.05, 0) is 39.0 Å². The van der Waals surface area contributed by atoms with E-state index in [4.69, 9.17) is 0 Å². The van der Waals surface area contributed by atoms with Crippen molar-refractivity contribution in [3.8, 4) is 0 Å². The van der Waals surface area contributed by atoms with E-state index in [1.165, 1.54) is 31.5 Å². The lowest BCUT2D eigenvalue weighted by Crippen LogP contribution is -2.04. The number of nitrogens with zero attached hydrogens (tertiary/aromatic N) is 3. The van der Waals surface area contributed by atoms with Crippen LogP contribution in [0.15, 0.2) is 5.16 Å². The van der Waals surface area contributed by atoms with Crippen LogP contribution < -0.4 is 0 Å². The van der Waals surface area contributed by atoms with Crippen LogP contribution in [0.1, 0.15) is 56.8 Å². The SMILES string of the molecule is CC(O)CCSc1nnc(C2CC2)n1C1CC1. The molecule has 3 rings (SSSR count). The summed E-state index contributed by atoms with van der Waals surface area (Å²) < 4.78 is 2.37. The predicted molar refractivity (Wildman–Crippen MR) is 67.3 cm³/mol. The number of aliphatic hydroxyl groups is 1. The van der Waals surface area contributed by atoms with E-state index in [0.29, 0.717) is 12.0 Å². The molecule has 0 radical (unpaired) electrons. The van der Waals surface area contributed by atoms with Crippen molar-refractivity contribution >= 4 is 11.8 Å². The quantitative estimate of drug-likeness (QED) is 0.791. The van der Waals surface area contributed by atoms with Crippen LogP contribution >= 0.6 is 11.8 Å². The van der Waals surface area contributed by atoms with Crippen LogP contribution in [0, 0.1) is 0 Å². The minimum atomic E-state index is -0.220. The van der Waals surface area contributed by atoms with E-state index in [0.717, 1.165) is 17.3 Å². The van der Waals surface area contributed by atoms with Gasteiger partial charge in [0.2, 0.25) is 0 Å². The molecule has 2 aliphatic carbocycles. The monoisotopic (exact) mass is 253 g/mol. The summed E-state index contributed by atoms with van der Waals surface area (Å²) in [6, 6.07) is 0.662. The molecule has 0 saturated heterocycles. The molecule has 0 amide bonds. The van der Waals surface area contributed by atoms with Crippen molar-refractivity contribution in [2.24, 2.45) is 0 Å². The van der Waals surface area contributed by atoms with Gasteiger partial charge in [0.15, 0.2) is 5.16 Å². The Balaban J connectivity index is 1.70. The number of aliphatic hydroxyl groups excluding tert-OH is 1. The number of hydrogen-bond donors (Lipinski definition) is 1. The molecule has 0 bridgehead atoms. The van der Waals surface area contributed by atoms with Crippen molar-refractivity contribution in [3.63, 3.8) is 0 Å². The average Bonchev–Trinajstić information content (AvgIpc) is 3.18. The molecule has 1 atom stereocenters. The molecule has 1 unspecified atom stereocenters. The zero-order chi connectivity index (χ0) is 11.8. The maximum atomic E-state index is 9.27. The van der Waals surface area contributed by atoms with Crippen LogP contribution in [0.3, 0.4) is 0 Å². The third kappa shape index (κ3) is 2.65. The number of hydrogen-bond acceptors (Lipinski definition) is 4. The molecule has 2 fully saturated rings. The van der Waals surface area contributed by atoms with E-state index in [9.17, 15) is 5.11 Å². The summed E-state index contributed by atoms with van der Waals surface area (Å²) in [5.74, 6) is 2.81. The van der Waals surface area contributed by atoms with Crippen LogP contribution in [-0.4, -0.2) is 31.7 Å². The highest BCUT2D eigenvalue weighted by atomic mass is 32.2. The fourth-order valence-electron chi connectivity index (χ4n) is 2.00. The largest absolute Gasteiger partial charge is 0.393 e. The molecule has 0 aromatic carbocycles. The maximum Gasteiger partial charge on any atom is 0.191 e. The van der Waals surface area contributed by atoms with Gasteiger partial charge in [-0.1, -0.05) is 11.8 Å². The molecule has 1 N–H and O–H groups in total. The lowest BCUT2D eigenvalue weighted by atomic mass is 10.3. The summed E-state index contributed by atoms with van der Waals surface area (Å²) in [6.07, 6.45) is 5.72. The number of thioether (sulfide) groups is 1. The van der Waals surface area contributed by atoms with Crippen LogP contribution in [-0.2, 0) is 0 Å². The first-order valence-electron chi connectivity index (χ1n) is 6.51. The van der Waals surface area contributed by atoms with E-state index >= 15 is 0 Å². The summed E-state index contributed by atoms with van der Waals surface area (Å²) in [7, 11) is 0. The Hall–Kier alpha value is -0.550. The Labute approximate surface area is 106 Å². The topological polar surface area (TPSA) is 50.9 Å². The lowest BCUT2D eigenvalue weighted by Gasteiger charge is -2.08. The van der Waals surface area contributed by atoms with E-state index in [1.54, 1.807) is 11.8 Å². The normalized spacial score (nSPS) is 21.8. The van der Waals surface area contributed by atoms with Gasteiger partial charge in [-0.2, -0.15) is 0 Å². The molecule has 1 aromatic heterocycles. The standard InChI is InChI=1S/C12H19N3OS/c1-8(16)6-7-17-12-14-13-11(9-2-3-9)15(12)10-4-5-10/h8-10,16H,2-7H2,1H3. The van der Waals surface area contributed by atoms with Gasteiger partial charge in [0, 0.05) is 17.7 Å². The van der Waals surface area contributed by atoms with Gasteiger partial charge >= 0.3 is 0 Å². The summed E-state index contributed by atoms with van der Waals surface area (Å²) in [6.45, 7) is 1.84. The molecule has 1 heterocycles. The Bertz CT molecular complexity index is 396. The van der Waals surface area contributed by atoms with E-state index < -0.39 is 0 Å². The van der Waals surface area contributed by atoms with Crippen LogP contribution in [0.25, 0.3) is 0 Å². The molecular formula is C12H19N3OS. The zero-order valence-corrected chi connectivity index (χ0v) is 11.0. The molecule has 0 aliphatic heterocycles. The van der Waals surface area contributed by atoms with E-state index in [-0.39, 0.29) is 6.10 Å². The van der Waals surface area contributed by atoms with Gasteiger partial charge in [0.25, 0.3) is 0 Å². The molecule has 1 aromatic rings. The third-order valence-electron chi connectivity index (χ3n) is 3.31. The number of aromatic nitrogens is 3. The first-order chi connectivity index (χ1) is 8.25. The second-order valence-corrected chi connectivity index (χ2v) is 6.26. The molecule has 0 spiro atoms. The Kier molecular flexibility index (Phi) is 3.13. The van der Waals surface area contributed by atoms with Crippen molar-refractivity contribution in [1.29, 1.82) is 0 Å². The first-order valence-corrected chi connectivity index (χ1v) is 7.50. The van der Waals surface area contributed by atoms with Gasteiger partial charge in [-0.3, -0.25) is 0 Å². The molecular weight excluding hydrogens is 234 g/mol. The Morgan fingerprint density at radius 1 is 1.35 bits per heavy atom. The fraction of sp³-hybridized carbons (Fsp3) is 0.833. The van der Waals surface area contributed by atoms with Gasteiger partial charge in [-0.25, -0.2) is 0 Å². The van der Waals surface area contributed by atoms with Gasteiger partial charge < -0.3 is 9.67 Å². The van der Waals surface area contributed by atoms with Crippen LogP contribution in [0.5, 0.6) is 0 Å². The average molecular weight is 253 g/mol. The molecule has 94 valence electrons. The molecule has 5 heteroatoms. The zero-order valence-electron chi connectivity index (χ0n) is 10.2. The predicted octanol–water partition coefficient (Wildman–Crippen LogP) is 2.35. The van der Waals surface area contributed by atoms with Crippen LogP contribution in [0.4, 0.5) is 0 Å². The first kappa shape index (κ1) is 11.5. The highest BCUT2D eigenvalue weighted by Crippen LogP contribution is 2.45. The second kappa shape index (κ2) is 4.61. The van der Waals surface area contributed by atoms with Gasteiger partial charge in [0.05, 0.1) is 6.10 Å². The minimum Gasteiger partial charge on any atom is -0.393 e. The van der Waals surface area contributed by atoms with Crippen LogP contribution in [0.2, 0.25) is 0 Å². The highest BCUT2D eigenvalue weighted by Gasteiger charge is 2.36. The molecule has 4 nitrogen and oxygen atoms in total. The van der Waals surface area contributed by atoms with Gasteiger partial charge in [0.1, 0.15) is 5.82 Å². The van der Waals surface area contributed by atoms with E-state index in [1.807, 2.05) is 6.92 Å². The van der Waals surface area contributed by atoms with Crippen molar-refractivity contribution < 1.29 is 5.11 Å². The summed E-state index contributed by atoms with van der Waals surface area (Å²) in [5, 5.41) is 19.0. The fourth-order valence-corrected chi connectivity index (χ4v) is 3.13. The number of rotatable bonds is 6. The van der Waals surface area contributed by atoms with Crippen molar-refractivity contribution in [3.05, 3.63) is 5.82 Å². The Morgan fingerprint density at radius 3 is 2.71 bits per heavy atom. The third-order valence-corrected chi connectivity index (χ3v) is 4.29. The minimum absolute atomic E-state index is 0.220. The van der Waals surface area contributed by atoms with Crippen molar-refractivity contribution in [1.82, 2.24) is 14.8 Å². The maximum absolute atomic E-state index is 9.27. The lowest BCUT2D eigenvalue weighted by molar-refractivity contribution is 0.192. The Morgan fingerprint density at radius 2 is 2.12 bits per heavy atom. The summed E-state index contributed by atoms with van der Waals surface area (Å²) in [4.78, 5) is 0. The van der Waals surface area contributed by atoms with Crippen molar-refractivity contribution in [2.45, 2.75) is 62.2 Å². The molecule has 2 saturated carbocycles. The smallest absolute Gasteiger partial charge is 0.191 e. The summed E-state index contributed by atoms with van der Waals surface area (Å²) >= 11 is 1.74. The molecule has 2 aliphatic rings. The van der Waals surface area contributed by atoms with Crippen molar-refractivity contribution in [2.75, 3.05) is 5.75 Å². The molecule has 17 heavy (non-hydrogen) atoms. The highest BCUT2D eigenvalue weighted by molar-refractivity contribution is 7.99. The van der Waals surface area contributed by atoms with E-state index in [2.05, 4.69) is 14.8 Å². The van der Waals surface area contributed by atoms with Gasteiger partial charge in [-0.15, -0.1) is 10.2 Å². The second-order valence-electron chi connectivity index (χ2n) is 5.20.